The number of alkyl halides is 1. The Labute approximate surface area is 230 Å². The number of amides is 1. The first-order valence-electron chi connectivity index (χ1n) is 15.7. The second kappa shape index (κ2) is 13.2. The molecule has 214 valence electrons. The Balaban J connectivity index is 1.40. The molecule has 0 bridgehead atoms. The Morgan fingerprint density at radius 1 is 1.05 bits per heavy atom. The normalized spacial score (nSPS) is 31.9. The lowest BCUT2D eigenvalue weighted by atomic mass is 9.51. The second-order valence-electron chi connectivity index (χ2n) is 12.9. The summed E-state index contributed by atoms with van der Waals surface area (Å²) in [5, 5.41) is 21.0. The third-order valence-corrected chi connectivity index (χ3v) is 10.5. The lowest BCUT2D eigenvalue weighted by Gasteiger charge is -2.54. The van der Waals surface area contributed by atoms with Crippen LogP contribution in [-0.2, 0) is 11.2 Å². The Bertz CT molecular complexity index is 922. The van der Waals surface area contributed by atoms with Gasteiger partial charge in [-0.1, -0.05) is 65.4 Å². The van der Waals surface area contributed by atoms with Gasteiger partial charge in [0.2, 0.25) is 5.91 Å². The van der Waals surface area contributed by atoms with Gasteiger partial charge in [0.1, 0.15) is 11.9 Å². The predicted octanol–water partition coefficient (Wildman–Crippen LogP) is 7.55. The Kier molecular flexibility index (Phi) is 10.2. The monoisotopic (exact) mass is 529 g/mol. The minimum Gasteiger partial charge on any atom is -0.508 e. The van der Waals surface area contributed by atoms with E-state index in [4.69, 9.17) is 0 Å². The molecule has 0 heterocycles. The van der Waals surface area contributed by atoms with Gasteiger partial charge in [-0.3, -0.25) is 4.79 Å². The van der Waals surface area contributed by atoms with Crippen LogP contribution in [0.5, 0.6) is 5.75 Å². The molecule has 0 unspecified atom stereocenters. The molecule has 2 fully saturated rings. The fourth-order valence-corrected chi connectivity index (χ4v) is 8.41. The number of aliphatic hydroxyl groups excluding tert-OH is 1. The first-order chi connectivity index (χ1) is 18.3. The first-order valence-corrected chi connectivity index (χ1v) is 15.7. The molecule has 1 aromatic rings. The van der Waals surface area contributed by atoms with Crippen LogP contribution >= 0.6 is 0 Å². The van der Waals surface area contributed by atoms with E-state index >= 15 is 4.39 Å². The zero-order chi connectivity index (χ0) is 27.3. The number of nitrogens with zero attached hydrogens (tertiary/aromatic N) is 1. The van der Waals surface area contributed by atoms with Crippen LogP contribution < -0.4 is 0 Å². The van der Waals surface area contributed by atoms with Crippen molar-refractivity contribution >= 4 is 5.91 Å². The molecule has 0 saturated heterocycles. The number of unbranched alkanes of at least 4 members (excludes halogenated alkanes) is 6. The minimum absolute atomic E-state index is 0.140. The molecule has 0 aromatic heterocycles. The number of hydrogen-bond donors (Lipinski definition) is 2. The van der Waals surface area contributed by atoms with Crippen LogP contribution in [0, 0.1) is 23.2 Å². The summed E-state index contributed by atoms with van der Waals surface area (Å²) in [6.45, 7) is 7.98. The number of aromatic hydroxyl groups is 1. The second-order valence-corrected chi connectivity index (χ2v) is 12.9. The van der Waals surface area contributed by atoms with E-state index in [-0.39, 0.29) is 28.9 Å². The topological polar surface area (TPSA) is 60.8 Å². The molecule has 2 N–H and O–H groups in total. The van der Waals surface area contributed by atoms with Gasteiger partial charge in [-0.2, -0.15) is 0 Å². The van der Waals surface area contributed by atoms with Gasteiger partial charge >= 0.3 is 0 Å². The molecule has 5 heteroatoms. The average Bonchev–Trinajstić information content (AvgIpc) is 3.19. The molecule has 3 aliphatic carbocycles. The summed E-state index contributed by atoms with van der Waals surface area (Å²) in [6.07, 6.45) is 12.6. The Hall–Kier alpha value is -1.62. The van der Waals surface area contributed by atoms with E-state index in [2.05, 4.69) is 18.7 Å². The van der Waals surface area contributed by atoms with Crippen LogP contribution in [0.3, 0.4) is 0 Å². The van der Waals surface area contributed by atoms with Crippen LogP contribution in [0.25, 0.3) is 0 Å². The Morgan fingerprint density at radius 2 is 1.76 bits per heavy atom. The molecule has 2 saturated carbocycles. The molecule has 3 aliphatic rings. The number of halogens is 1. The zero-order valence-corrected chi connectivity index (χ0v) is 24.1. The molecule has 4 rings (SSSR count). The number of aliphatic hydroxyl groups is 1. The number of fused-ring (bicyclic) bond motifs is 5. The van der Waals surface area contributed by atoms with Crippen LogP contribution in [0.2, 0.25) is 0 Å². The average molecular weight is 530 g/mol. The molecule has 7 atom stereocenters. The summed E-state index contributed by atoms with van der Waals surface area (Å²) in [4.78, 5) is 14.7. The number of benzene rings is 1. The third-order valence-electron chi connectivity index (χ3n) is 10.5. The number of carbonyl (C=O) groups excluding carboxylic acids is 1. The maximum absolute atomic E-state index is 15.9. The maximum Gasteiger partial charge on any atom is 0.222 e. The van der Waals surface area contributed by atoms with Crippen molar-refractivity contribution in [3.8, 4) is 5.75 Å². The fraction of sp³-hybridized carbons (Fsp3) is 0.788. The van der Waals surface area contributed by atoms with Gasteiger partial charge in [0.05, 0.1) is 6.10 Å². The molecule has 1 amide bonds. The largest absolute Gasteiger partial charge is 0.508 e. The summed E-state index contributed by atoms with van der Waals surface area (Å²) in [5.74, 6) is 1.29. The van der Waals surface area contributed by atoms with E-state index in [9.17, 15) is 15.0 Å². The van der Waals surface area contributed by atoms with E-state index in [1.54, 1.807) is 6.07 Å². The van der Waals surface area contributed by atoms with Crippen molar-refractivity contribution in [1.82, 2.24) is 4.90 Å². The van der Waals surface area contributed by atoms with Crippen molar-refractivity contribution < 1.29 is 19.4 Å². The van der Waals surface area contributed by atoms with Gasteiger partial charge < -0.3 is 15.1 Å². The van der Waals surface area contributed by atoms with Crippen molar-refractivity contribution in [2.45, 2.75) is 129 Å². The number of carbonyl (C=O) groups is 1. The summed E-state index contributed by atoms with van der Waals surface area (Å²) >= 11 is 0. The molecule has 0 radical (unpaired) electrons. The molecule has 0 aliphatic heterocycles. The number of phenols is 1. The summed E-state index contributed by atoms with van der Waals surface area (Å²) < 4.78 is 15.9. The van der Waals surface area contributed by atoms with Gasteiger partial charge in [-0.25, -0.2) is 4.39 Å². The molecule has 1 aromatic carbocycles. The van der Waals surface area contributed by atoms with Gasteiger partial charge in [-0.15, -0.1) is 0 Å². The smallest absolute Gasteiger partial charge is 0.222 e. The lowest BCUT2D eigenvalue weighted by Crippen LogP contribution is -2.51. The van der Waals surface area contributed by atoms with E-state index in [1.165, 1.54) is 32.1 Å². The lowest BCUT2D eigenvalue weighted by molar-refractivity contribution is -0.131. The molecule has 0 spiro atoms. The number of hydrogen-bond acceptors (Lipinski definition) is 3. The van der Waals surface area contributed by atoms with Crippen molar-refractivity contribution in [1.29, 1.82) is 0 Å². The number of rotatable bonds is 13. The third kappa shape index (κ3) is 6.24. The van der Waals surface area contributed by atoms with Crippen molar-refractivity contribution in [2.24, 2.45) is 23.2 Å². The standard InChI is InChI=1S/C33H52FNO3/c1-4-6-7-8-9-11-18-35(30(38)5-2)19-12-10-13-23-20-24-21-25(36)14-15-26(24)32-28(34)22-33(3)27(31(23)32)16-17-29(33)37/h14-15,21,23,27-29,31-32,36-37H,4-13,16-20,22H2,1-3H3/t23-,27+,28+,29+,31+,32+,33+/m1/s1. The van der Waals surface area contributed by atoms with Crippen molar-refractivity contribution in [2.75, 3.05) is 13.1 Å². The van der Waals surface area contributed by atoms with E-state index in [1.807, 2.05) is 19.1 Å². The van der Waals surface area contributed by atoms with Crippen LogP contribution in [0.1, 0.15) is 121 Å². The molecular weight excluding hydrogens is 477 g/mol. The van der Waals surface area contributed by atoms with Crippen molar-refractivity contribution in [3.05, 3.63) is 29.3 Å². The molecule has 4 nitrogen and oxygen atoms in total. The van der Waals surface area contributed by atoms with Crippen LogP contribution in [0.4, 0.5) is 4.39 Å². The summed E-state index contributed by atoms with van der Waals surface area (Å²) in [5.41, 5.74) is 1.85. The van der Waals surface area contributed by atoms with Gasteiger partial charge in [0.25, 0.3) is 0 Å². The van der Waals surface area contributed by atoms with Crippen LogP contribution in [-0.4, -0.2) is 46.4 Å². The highest BCUT2D eigenvalue weighted by molar-refractivity contribution is 5.75. The van der Waals surface area contributed by atoms with E-state index in [0.29, 0.717) is 24.7 Å². The minimum atomic E-state index is -0.963. The SMILES string of the molecule is CCCCCCCCN(CCCC[C@@H]1Cc2cc(O)ccc2[C@@H]2[C@@H]1[C@@H]1CC[C@H](O)[C@@]1(C)C[C@@H]2F)C(=O)CC. The van der Waals surface area contributed by atoms with E-state index < -0.39 is 12.3 Å². The maximum atomic E-state index is 15.9. The van der Waals surface area contributed by atoms with Gasteiger partial charge in [-0.05, 0) is 91.4 Å². The van der Waals surface area contributed by atoms with Gasteiger partial charge in [0.15, 0.2) is 0 Å². The van der Waals surface area contributed by atoms with Crippen molar-refractivity contribution in [3.63, 3.8) is 0 Å². The fourth-order valence-electron chi connectivity index (χ4n) is 8.41. The first kappa shape index (κ1) is 29.4. The molecule has 38 heavy (non-hydrogen) atoms. The summed E-state index contributed by atoms with van der Waals surface area (Å²) in [7, 11) is 0. The highest BCUT2D eigenvalue weighted by Gasteiger charge is 2.59. The van der Waals surface area contributed by atoms with Crippen LogP contribution in [0.15, 0.2) is 18.2 Å². The highest BCUT2D eigenvalue weighted by Crippen LogP contribution is 2.63. The predicted molar refractivity (Wildman–Crippen MR) is 152 cm³/mol. The number of phenolic OH excluding ortho intramolecular Hbond substituents is 1. The molecular formula is C33H52FNO3. The van der Waals surface area contributed by atoms with Gasteiger partial charge in [0, 0.05) is 25.4 Å². The Morgan fingerprint density at radius 3 is 2.50 bits per heavy atom. The highest BCUT2D eigenvalue weighted by atomic mass is 19.1. The zero-order valence-electron chi connectivity index (χ0n) is 24.1. The summed E-state index contributed by atoms with van der Waals surface area (Å²) in [6, 6.07) is 5.52. The quantitative estimate of drug-likeness (QED) is 0.259. The van der Waals surface area contributed by atoms with E-state index in [0.717, 1.165) is 69.2 Å².